The molecule has 3 aromatic rings. The molecule has 0 aliphatic rings. The second kappa shape index (κ2) is 8.01. The number of fused-ring (bicyclic) bond motifs is 1. The molecule has 3 rings (SSSR count). The molecule has 0 bridgehead atoms. The number of benzene rings is 1. The summed E-state index contributed by atoms with van der Waals surface area (Å²) in [5, 5.41) is 14.0. The van der Waals surface area contributed by atoms with Gasteiger partial charge in [-0.3, -0.25) is 14.3 Å². The van der Waals surface area contributed by atoms with Crippen molar-refractivity contribution in [3.8, 4) is 5.75 Å². The number of anilines is 1. The van der Waals surface area contributed by atoms with E-state index in [1.807, 2.05) is 0 Å². The van der Waals surface area contributed by atoms with Crippen LogP contribution in [0.25, 0.3) is 11.2 Å². The van der Waals surface area contributed by atoms with E-state index in [4.69, 9.17) is 0 Å². The number of imidazole rings is 1. The van der Waals surface area contributed by atoms with Gasteiger partial charge in [-0.1, -0.05) is 29.8 Å². The molecule has 2 aromatic heterocycles. The number of aryl methyl sites for hydroxylation is 2. The van der Waals surface area contributed by atoms with Crippen LogP contribution in [0.1, 0.15) is 25.8 Å². The third-order valence-corrected chi connectivity index (χ3v) is 4.79. The minimum Gasteiger partial charge on any atom is -0.507 e. The van der Waals surface area contributed by atoms with Gasteiger partial charge >= 0.3 is 5.69 Å². The fourth-order valence-corrected chi connectivity index (χ4v) is 3.09. The van der Waals surface area contributed by atoms with E-state index in [-0.39, 0.29) is 11.4 Å². The number of H-pyrrole nitrogens is 1. The molecule has 0 spiro atoms. The highest BCUT2D eigenvalue weighted by Crippen LogP contribution is 2.21. The maximum Gasteiger partial charge on any atom is 0.329 e. The van der Waals surface area contributed by atoms with Gasteiger partial charge in [0.1, 0.15) is 5.75 Å². The zero-order valence-electron chi connectivity index (χ0n) is 15.7. The van der Waals surface area contributed by atoms with Crippen molar-refractivity contribution >= 4 is 39.3 Å². The Labute approximate surface area is 168 Å². The molecule has 148 valence electrons. The first-order valence-electron chi connectivity index (χ1n) is 8.75. The van der Waals surface area contributed by atoms with Crippen LogP contribution < -0.4 is 16.7 Å². The fraction of sp³-hybridized carbons (Fsp3) is 0.333. The van der Waals surface area contributed by atoms with Gasteiger partial charge in [0.2, 0.25) is 5.95 Å². The zero-order chi connectivity index (χ0) is 20.4. The van der Waals surface area contributed by atoms with Gasteiger partial charge in [-0.2, -0.15) is 10.1 Å². The van der Waals surface area contributed by atoms with E-state index < -0.39 is 11.2 Å². The summed E-state index contributed by atoms with van der Waals surface area (Å²) in [7, 11) is 1.55. The number of nitrogens with zero attached hydrogens (tertiary/aromatic N) is 4. The van der Waals surface area contributed by atoms with Gasteiger partial charge in [0.15, 0.2) is 11.2 Å². The second-order valence-corrected chi connectivity index (χ2v) is 7.75. The quantitative estimate of drug-likeness (QED) is 0.395. The van der Waals surface area contributed by atoms with E-state index in [1.165, 1.54) is 10.8 Å². The standard InChI is InChI=1S/C18H21BrN6O3/c1-10(2)6-7-25-14-15(24(3)18(28)22-16(14)27)21-17(25)23-20-9-11-8-12(19)4-5-13(11)26/h4-5,8-10,26H,6-7H2,1-3H3,(H,21,23)(H,22,27,28)/b20-9+. The Hall–Kier alpha value is -2.88. The summed E-state index contributed by atoms with van der Waals surface area (Å²) in [5.41, 5.74) is 2.90. The summed E-state index contributed by atoms with van der Waals surface area (Å²) >= 11 is 3.34. The maximum atomic E-state index is 12.4. The van der Waals surface area contributed by atoms with Crippen LogP contribution in [0.3, 0.4) is 0 Å². The summed E-state index contributed by atoms with van der Waals surface area (Å²) in [5.74, 6) is 0.841. The predicted octanol–water partition coefficient (Wildman–Crippen LogP) is 2.38. The lowest BCUT2D eigenvalue weighted by atomic mass is 10.1. The van der Waals surface area contributed by atoms with E-state index in [0.29, 0.717) is 29.5 Å². The maximum absolute atomic E-state index is 12.4. The van der Waals surface area contributed by atoms with Gasteiger partial charge in [0, 0.05) is 23.6 Å². The second-order valence-electron chi connectivity index (χ2n) is 6.83. The molecule has 0 atom stereocenters. The van der Waals surface area contributed by atoms with E-state index in [9.17, 15) is 14.7 Å². The van der Waals surface area contributed by atoms with Gasteiger partial charge in [0.25, 0.3) is 5.56 Å². The number of hydrogen-bond donors (Lipinski definition) is 3. The first-order chi connectivity index (χ1) is 13.3. The minimum absolute atomic E-state index is 0.0842. The third kappa shape index (κ3) is 4.01. The Morgan fingerprint density at radius 2 is 2.14 bits per heavy atom. The van der Waals surface area contributed by atoms with Crippen LogP contribution in [-0.4, -0.2) is 30.4 Å². The molecule has 0 saturated carbocycles. The van der Waals surface area contributed by atoms with Gasteiger partial charge < -0.3 is 9.67 Å². The molecular formula is C18H21BrN6O3. The topological polar surface area (TPSA) is 117 Å². The van der Waals surface area contributed by atoms with Crippen molar-refractivity contribution in [2.75, 3.05) is 5.43 Å². The molecule has 0 unspecified atom stereocenters. The van der Waals surface area contributed by atoms with Crippen molar-refractivity contribution in [1.29, 1.82) is 0 Å². The number of hydrazone groups is 1. The van der Waals surface area contributed by atoms with Gasteiger partial charge in [-0.15, -0.1) is 0 Å². The summed E-state index contributed by atoms with van der Waals surface area (Å²) in [6.45, 7) is 4.70. The molecule has 0 aliphatic carbocycles. The molecular weight excluding hydrogens is 428 g/mol. The van der Waals surface area contributed by atoms with E-state index in [2.05, 4.69) is 50.3 Å². The van der Waals surface area contributed by atoms with E-state index in [0.717, 1.165) is 10.9 Å². The van der Waals surface area contributed by atoms with Crippen LogP contribution in [0.4, 0.5) is 5.95 Å². The highest BCUT2D eigenvalue weighted by Gasteiger charge is 2.17. The monoisotopic (exact) mass is 448 g/mol. The molecule has 10 heteroatoms. The van der Waals surface area contributed by atoms with E-state index in [1.54, 1.807) is 29.8 Å². The minimum atomic E-state index is -0.528. The highest BCUT2D eigenvalue weighted by molar-refractivity contribution is 9.10. The lowest BCUT2D eigenvalue weighted by molar-refractivity contribution is 0.474. The molecule has 0 fully saturated rings. The Bertz CT molecular complexity index is 1160. The Morgan fingerprint density at radius 3 is 2.86 bits per heavy atom. The van der Waals surface area contributed by atoms with Crippen molar-refractivity contribution in [3.63, 3.8) is 0 Å². The van der Waals surface area contributed by atoms with Gasteiger partial charge in [-0.25, -0.2) is 10.2 Å². The molecule has 9 nitrogen and oxygen atoms in total. The summed E-state index contributed by atoms with van der Waals surface area (Å²) in [6.07, 6.45) is 2.27. The smallest absolute Gasteiger partial charge is 0.329 e. The number of halogens is 1. The zero-order valence-corrected chi connectivity index (χ0v) is 17.3. The summed E-state index contributed by atoms with van der Waals surface area (Å²) in [4.78, 5) is 31.0. The van der Waals surface area contributed by atoms with Crippen LogP contribution in [0.15, 0.2) is 37.4 Å². The number of hydrogen-bond acceptors (Lipinski definition) is 6. The number of phenolic OH excluding ortho intramolecular Hbond substituents is 1. The SMILES string of the molecule is CC(C)CCn1c(N/N=C/c2cc(Br)ccc2O)nc2c1c(=O)[nH]c(=O)n2C. The molecule has 0 saturated heterocycles. The first kappa shape index (κ1) is 19.9. The number of nitrogens with one attached hydrogen (secondary N) is 2. The van der Waals surface area contributed by atoms with Crippen LogP contribution in [0, 0.1) is 5.92 Å². The average molecular weight is 449 g/mol. The largest absolute Gasteiger partial charge is 0.507 e. The van der Waals surface area contributed by atoms with Crippen LogP contribution in [0.5, 0.6) is 5.75 Å². The molecule has 0 radical (unpaired) electrons. The number of phenols is 1. The Morgan fingerprint density at radius 1 is 1.39 bits per heavy atom. The van der Waals surface area contributed by atoms with Crippen LogP contribution >= 0.6 is 15.9 Å². The van der Waals surface area contributed by atoms with Crippen molar-refractivity contribution < 1.29 is 5.11 Å². The van der Waals surface area contributed by atoms with Crippen molar-refractivity contribution in [2.45, 2.75) is 26.8 Å². The van der Waals surface area contributed by atoms with Crippen molar-refractivity contribution in [2.24, 2.45) is 18.1 Å². The predicted molar refractivity (Wildman–Crippen MR) is 112 cm³/mol. The summed E-state index contributed by atoms with van der Waals surface area (Å²) in [6, 6.07) is 4.99. The summed E-state index contributed by atoms with van der Waals surface area (Å²) < 4.78 is 3.81. The fourth-order valence-electron chi connectivity index (χ4n) is 2.71. The van der Waals surface area contributed by atoms with Gasteiger partial charge in [0.05, 0.1) is 6.21 Å². The van der Waals surface area contributed by atoms with Crippen LogP contribution in [-0.2, 0) is 13.6 Å². The van der Waals surface area contributed by atoms with Gasteiger partial charge in [-0.05, 0) is 30.5 Å². The average Bonchev–Trinajstić information content (AvgIpc) is 3.00. The van der Waals surface area contributed by atoms with Crippen molar-refractivity contribution in [3.05, 3.63) is 49.1 Å². The molecule has 3 N–H and O–H groups in total. The molecule has 2 heterocycles. The van der Waals surface area contributed by atoms with Crippen molar-refractivity contribution in [1.82, 2.24) is 19.1 Å². The van der Waals surface area contributed by atoms with E-state index >= 15 is 0 Å². The normalized spacial score (nSPS) is 11.8. The Kier molecular flexibility index (Phi) is 5.68. The molecule has 0 amide bonds. The number of rotatable bonds is 6. The molecule has 28 heavy (non-hydrogen) atoms. The number of aromatic amines is 1. The molecule has 1 aromatic carbocycles. The lowest BCUT2D eigenvalue weighted by Gasteiger charge is -2.09. The van der Waals surface area contributed by atoms with Crippen LogP contribution in [0.2, 0.25) is 0 Å². The molecule has 0 aliphatic heterocycles. The number of aromatic hydroxyl groups is 1. The Balaban J connectivity index is 2.02. The number of aromatic nitrogens is 4. The lowest BCUT2D eigenvalue weighted by Crippen LogP contribution is -2.29. The first-order valence-corrected chi connectivity index (χ1v) is 9.54. The highest BCUT2D eigenvalue weighted by atomic mass is 79.9. The third-order valence-electron chi connectivity index (χ3n) is 4.29.